The van der Waals surface area contributed by atoms with Gasteiger partial charge in [0.15, 0.2) is 5.78 Å². The van der Waals surface area contributed by atoms with Crippen LogP contribution in [0.1, 0.15) is 22.2 Å². The van der Waals surface area contributed by atoms with Crippen LogP contribution >= 0.6 is 11.3 Å². The van der Waals surface area contributed by atoms with Crippen LogP contribution in [0, 0.1) is 22.9 Å². The van der Waals surface area contributed by atoms with Gasteiger partial charge in [0.1, 0.15) is 11.6 Å². The lowest BCUT2D eigenvalue weighted by Gasteiger charge is -2.03. The lowest BCUT2D eigenvalue weighted by molar-refractivity contribution is -0.385. The Morgan fingerprint density at radius 1 is 1.40 bits per heavy atom. The standard InChI is InChI=1S/C13H10FNO4S/c1-7-3-4-9(5-10(7)14)19-13-11(15(17)18)6-12(20-13)8(2)16/h3-6H,1-2H3. The van der Waals surface area contributed by atoms with Crippen LogP contribution in [0.5, 0.6) is 10.8 Å². The number of nitro groups is 1. The zero-order chi connectivity index (χ0) is 14.9. The van der Waals surface area contributed by atoms with Crippen molar-refractivity contribution in [2.24, 2.45) is 0 Å². The Labute approximate surface area is 117 Å². The molecule has 2 rings (SSSR count). The molecule has 0 amide bonds. The number of carbonyl (C=O) groups excluding carboxylic acids is 1. The lowest BCUT2D eigenvalue weighted by atomic mass is 10.2. The molecule has 1 heterocycles. The summed E-state index contributed by atoms with van der Waals surface area (Å²) >= 11 is 0.865. The number of nitrogens with zero attached hydrogens (tertiary/aromatic N) is 1. The summed E-state index contributed by atoms with van der Waals surface area (Å²) < 4.78 is 18.7. The molecule has 0 N–H and O–H groups in total. The second-order valence-electron chi connectivity index (χ2n) is 4.11. The summed E-state index contributed by atoms with van der Waals surface area (Å²) in [7, 11) is 0. The molecule has 0 atom stereocenters. The molecule has 0 aliphatic carbocycles. The molecule has 0 bridgehead atoms. The summed E-state index contributed by atoms with van der Waals surface area (Å²) in [5, 5.41) is 10.9. The van der Waals surface area contributed by atoms with Crippen LogP contribution in [0.3, 0.4) is 0 Å². The predicted molar refractivity (Wildman–Crippen MR) is 72.2 cm³/mol. The molecular formula is C13H10FNO4S. The van der Waals surface area contributed by atoms with E-state index in [1.54, 1.807) is 6.92 Å². The van der Waals surface area contributed by atoms with Gasteiger partial charge in [-0.15, -0.1) is 0 Å². The van der Waals surface area contributed by atoms with Crippen molar-refractivity contribution in [3.05, 3.63) is 50.6 Å². The summed E-state index contributed by atoms with van der Waals surface area (Å²) in [6.07, 6.45) is 0. The zero-order valence-electron chi connectivity index (χ0n) is 10.7. The fourth-order valence-corrected chi connectivity index (χ4v) is 2.37. The van der Waals surface area contributed by atoms with Gasteiger partial charge in [0, 0.05) is 12.1 Å². The Morgan fingerprint density at radius 3 is 2.65 bits per heavy atom. The maximum atomic E-state index is 13.4. The van der Waals surface area contributed by atoms with Crippen molar-refractivity contribution < 1.29 is 18.8 Å². The molecule has 0 aliphatic heterocycles. The first-order valence-electron chi connectivity index (χ1n) is 5.61. The molecule has 0 saturated heterocycles. The molecule has 0 spiro atoms. The molecule has 0 radical (unpaired) electrons. The van der Waals surface area contributed by atoms with Crippen LogP contribution in [0.15, 0.2) is 24.3 Å². The second kappa shape index (κ2) is 5.38. The van der Waals surface area contributed by atoms with Gasteiger partial charge in [-0.05, 0) is 25.5 Å². The minimum atomic E-state index is -0.636. The lowest BCUT2D eigenvalue weighted by Crippen LogP contribution is -1.90. The molecule has 104 valence electrons. The summed E-state index contributed by atoms with van der Waals surface area (Å²) in [6, 6.07) is 5.32. The number of ether oxygens (including phenoxy) is 1. The molecule has 2 aromatic rings. The molecular weight excluding hydrogens is 285 g/mol. The van der Waals surface area contributed by atoms with E-state index in [-0.39, 0.29) is 27.2 Å². The highest BCUT2D eigenvalue weighted by atomic mass is 32.1. The minimum absolute atomic E-state index is 0.0385. The van der Waals surface area contributed by atoms with Crippen LogP contribution in [-0.4, -0.2) is 10.7 Å². The minimum Gasteiger partial charge on any atom is -0.440 e. The fraction of sp³-hybridized carbons (Fsp3) is 0.154. The Morgan fingerprint density at radius 2 is 2.10 bits per heavy atom. The van der Waals surface area contributed by atoms with Crippen molar-refractivity contribution in [1.29, 1.82) is 0 Å². The average Bonchev–Trinajstić information content (AvgIpc) is 2.78. The number of hydrogen-bond acceptors (Lipinski definition) is 5. The molecule has 5 nitrogen and oxygen atoms in total. The zero-order valence-corrected chi connectivity index (χ0v) is 11.5. The SMILES string of the molecule is CC(=O)c1cc([N+](=O)[O-])c(Oc2ccc(C)c(F)c2)s1. The van der Waals surface area contributed by atoms with Crippen molar-refractivity contribution in [3.8, 4) is 10.8 Å². The molecule has 1 aromatic heterocycles. The smallest absolute Gasteiger partial charge is 0.323 e. The highest BCUT2D eigenvalue weighted by Gasteiger charge is 2.23. The Balaban J connectivity index is 2.39. The summed E-state index contributed by atoms with van der Waals surface area (Å²) in [5.74, 6) is -0.607. The third kappa shape index (κ3) is 2.83. The summed E-state index contributed by atoms with van der Waals surface area (Å²) in [4.78, 5) is 21.8. The number of rotatable bonds is 4. The van der Waals surface area contributed by atoms with E-state index in [0.717, 1.165) is 23.5 Å². The topological polar surface area (TPSA) is 69.4 Å². The van der Waals surface area contributed by atoms with Crippen molar-refractivity contribution in [2.45, 2.75) is 13.8 Å². The Hall–Kier alpha value is -2.28. The van der Waals surface area contributed by atoms with Crippen LogP contribution in [0.25, 0.3) is 0 Å². The Bertz CT molecular complexity index is 696. The van der Waals surface area contributed by atoms with E-state index in [4.69, 9.17) is 4.74 Å². The molecule has 0 unspecified atom stereocenters. The van der Waals surface area contributed by atoms with Crippen molar-refractivity contribution in [1.82, 2.24) is 0 Å². The van der Waals surface area contributed by atoms with Gasteiger partial charge in [-0.3, -0.25) is 14.9 Å². The maximum absolute atomic E-state index is 13.4. The fourth-order valence-electron chi connectivity index (χ4n) is 1.48. The van der Waals surface area contributed by atoms with E-state index < -0.39 is 10.7 Å². The third-order valence-corrected chi connectivity index (χ3v) is 3.68. The van der Waals surface area contributed by atoms with Crippen molar-refractivity contribution in [3.63, 3.8) is 0 Å². The number of Topliss-reactive ketones (excluding diaryl/α,β-unsaturated/α-hetero) is 1. The van der Waals surface area contributed by atoms with Gasteiger partial charge in [0.05, 0.1) is 9.80 Å². The Kier molecular flexibility index (Phi) is 3.80. The molecule has 1 aromatic carbocycles. The average molecular weight is 295 g/mol. The molecule has 0 aliphatic rings. The van der Waals surface area contributed by atoms with Gasteiger partial charge in [-0.25, -0.2) is 4.39 Å². The van der Waals surface area contributed by atoms with Gasteiger partial charge >= 0.3 is 5.69 Å². The number of aryl methyl sites for hydroxylation is 1. The van der Waals surface area contributed by atoms with Gasteiger partial charge in [-0.2, -0.15) is 0 Å². The van der Waals surface area contributed by atoms with Crippen molar-refractivity contribution in [2.75, 3.05) is 0 Å². The molecule has 0 saturated carbocycles. The molecule has 0 fully saturated rings. The first-order valence-corrected chi connectivity index (χ1v) is 6.43. The van der Waals surface area contributed by atoms with Crippen LogP contribution in [0.2, 0.25) is 0 Å². The van der Waals surface area contributed by atoms with E-state index in [1.165, 1.54) is 19.1 Å². The first-order chi connectivity index (χ1) is 9.38. The monoisotopic (exact) mass is 295 g/mol. The number of hydrogen-bond donors (Lipinski definition) is 0. The molecule has 20 heavy (non-hydrogen) atoms. The number of halogens is 1. The first kappa shape index (κ1) is 14.1. The van der Waals surface area contributed by atoms with Crippen LogP contribution in [-0.2, 0) is 0 Å². The van der Waals surface area contributed by atoms with E-state index in [2.05, 4.69) is 0 Å². The van der Waals surface area contributed by atoms with E-state index in [9.17, 15) is 19.3 Å². The number of carbonyl (C=O) groups is 1. The number of thiophene rings is 1. The van der Waals surface area contributed by atoms with Gasteiger partial charge in [-0.1, -0.05) is 17.4 Å². The maximum Gasteiger partial charge on any atom is 0.323 e. The number of benzene rings is 1. The summed E-state index contributed by atoms with van der Waals surface area (Å²) in [6.45, 7) is 2.91. The van der Waals surface area contributed by atoms with Crippen LogP contribution < -0.4 is 4.74 Å². The normalized spacial score (nSPS) is 10.3. The van der Waals surface area contributed by atoms with E-state index >= 15 is 0 Å². The predicted octanol–water partition coefficient (Wildman–Crippen LogP) is 4.10. The van der Waals surface area contributed by atoms with E-state index in [1.807, 2.05) is 0 Å². The van der Waals surface area contributed by atoms with Crippen LogP contribution in [0.4, 0.5) is 10.1 Å². The van der Waals surface area contributed by atoms with Gasteiger partial charge in [0.2, 0.25) is 0 Å². The summed E-state index contributed by atoms with van der Waals surface area (Å²) in [5.41, 5.74) is 0.142. The molecule has 7 heteroatoms. The quantitative estimate of drug-likeness (QED) is 0.484. The van der Waals surface area contributed by atoms with Gasteiger partial charge in [0.25, 0.3) is 5.06 Å². The highest BCUT2D eigenvalue weighted by molar-refractivity contribution is 7.16. The largest absolute Gasteiger partial charge is 0.440 e. The third-order valence-electron chi connectivity index (χ3n) is 2.58. The van der Waals surface area contributed by atoms with Gasteiger partial charge < -0.3 is 4.74 Å². The highest BCUT2D eigenvalue weighted by Crippen LogP contribution is 2.40. The number of ketones is 1. The second-order valence-corrected chi connectivity index (χ2v) is 5.12. The van der Waals surface area contributed by atoms with Crippen molar-refractivity contribution >= 4 is 22.8 Å². The van der Waals surface area contributed by atoms with E-state index in [0.29, 0.717) is 5.56 Å².